The van der Waals surface area contributed by atoms with Gasteiger partial charge in [-0.15, -0.1) is 0 Å². The molecule has 0 unspecified atom stereocenters. The molecule has 1 aromatic heterocycles. The van der Waals surface area contributed by atoms with E-state index in [1.54, 1.807) is 7.11 Å². The van der Waals surface area contributed by atoms with E-state index in [0.717, 1.165) is 22.3 Å². The SMILES string of the molecule is CNc1cc(COC)nc2cc(F)cc(C)c12. The maximum absolute atomic E-state index is 13.4. The number of nitrogens with zero attached hydrogens (tertiary/aromatic N) is 1. The summed E-state index contributed by atoms with van der Waals surface area (Å²) in [6, 6.07) is 4.89. The molecule has 0 atom stereocenters. The van der Waals surface area contributed by atoms with Crippen molar-refractivity contribution in [1.82, 2.24) is 4.98 Å². The van der Waals surface area contributed by atoms with Gasteiger partial charge in [0.05, 0.1) is 17.8 Å². The van der Waals surface area contributed by atoms with Gasteiger partial charge in [0.2, 0.25) is 0 Å². The topological polar surface area (TPSA) is 34.1 Å². The van der Waals surface area contributed by atoms with E-state index in [9.17, 15) is 4.39 Å². The van der Waals surface area contributed by atoms with Gasteiger partial charge >= 0.3 is 0 Å². The van der Waals surface area contributed by atoms with Crippen LogP contribution in [0.5, 0.6) is 0 Å². The van der Waals surface area contributed by atoms with Crippen LogP contribution < -0.4 is 5.32 Å². The maximum atomic E-state index is 13.4. The van der Waals surface area contributed by atoms with Gasteiger partial charge in [-0.25, -0.2) is 4.39 Å². The molecular weight excluding hydrogens is 219 g/mol. The van der Waals surface area contributed by atoms with Crippen molar-refractivity contribution in [3.8, 4) is 0 Å². The molecule has 0 saturated heterocycles. The Kier molecular flexibility index (Phi) is 3.24. The lowest BCUT2D eigenvalue weighted by atomic mass is 10.1. The number of aromatic nitrogens is 1. The normalized spacial score (nSPS) is 10.8. The second-order valence-electron chi connectivity index (χ2n) is 3.96. The molecule has 2 rings (SSSR count). The summed E-state index contributed by atoms with van der Waals surface area (Å²) in [5.41, 5.74) is 3.26. The van der Waals surface area contributed by atoms with E-state index in [-0.39, 0.29) is 5.82 Å². The lowest BCUT2D eigenvalue weighted by Crippen LogP contribution is -1.99. The van der Waals surface area contributed by atoms with E-state index in [1.807, 2.05) is 20.0 Å². The third kappa shape index (κ3) is 2.22. The lowest BCUT2D eigenvalue weighted by molar-refractivity contribution is 0.182. The Labute approximate surface area is 99.6 Å². The largest absolute Gasteiger partial charge is 0.388 e. The summed E-state index contributed by atoms with van der Waals surface area (Å²) < 4.78 is 18.4. The first-order valence-electron chi connectivity index (χ1n) is 5.42. The van der Waals surface area contributed by atoms with Gasteiger partial charge in [0.15, 0.2) is 0 Å². The zero-order chi connectivity index (χ0) is 12.4. The lowest BCUT2D eigenvalue weighted by Gasteiger charge is -2.11. The minimum absolute atomic E-state index is 0.265. The van der Waals surface area contributed by atoms with Crippen molar-refractivity contribution >= 4 is 16.6 Å². The second kappa shape index (κ2) is 4.67. The number of hydrogen-bond acceptors (Lipinski definition) is 3. The summed E-state index contributed by atoms with van der Waals surface area (Å²) in [5, 5.41) is 4.06. The van der Waals surface area contributed by atoms with Gasteiger partial charge in [0.1, 0.15) is 5.82 Å². The average molecular weight is 234 g/mol. The van der Waals surface area contributed by atoms with Gasteiger partial charge in [-0.3, -0.25) is 4.98 Å². The third-order valence-corrected chi connectivity index (χ3v) is 2.69. The number of ether oxygens (including phenoxy) is 1. The summed E-state index contributed by atoms with van der Waals surface area (Å²) in [4.78, 5) is 4.39. The molecule has 2 aromatic rings. The average Bonchev–Trinajstić information content (AvgIpc) is 2.27. The van der Waals surface area contributed by atoms with Crippen molar-refractivity contribution in [3.63, 3.8) is 0 Å². The maximum Gasteiger partial charge on any atom is 0.125 e. The predicted octanol–water partition coefficient (Wildman–Crippen LogP) is 2.87. The summed E-state index contributed by atoms with van der Waals surface area (Å²) in [6.45, 7) is 2.30. The first-order chi connectivity index (χ1) is 8.15. The second-order valence-corrected chi connectivity index (χ2v) is 3.96. The number of fused-ring (bicyclic) bond motifs is 1. The van der Waals surface area contributed by atoms with Crippen LogP contribution in [-0.2, 0) is 11.3 Å². The highest BCUT2D eigenvalue weighted by molar-refractivity contribution is 5.94. The zero-order valence-corrected chi connectivity index (χ0v) is 10.2. The van der Waals surface area contributed by atoms with Gasteiger partial charge in [-0.05, 0) is 24.6 Å². The highest BCUT2D eigenvalue weighted by Gasteiger charge is 2.09. The molecule has 1 heterocycles. The van der Waals surface area contributed by atoms with E-state index < -0.39 is 0 Å². The quantitative estimate of drug-likeness (QED) is 0.886. The van der Waals surface area contributed by atoms with Crippen LogP contribution in [0.3, 0.4) is 0 Å². The molecule has 1 aromatic carbocycles. The molecule has 0 aliphatic carbocycles. The van der Waals surface area contributed by atoms with E-state index in [4.69, 9.17) is 4.74 Å². The molecule has 0 aliphatic heterocycles. The first kappa shape index (κ1) is 11.8. The Hall–Kier alpha value is -1.68. The molecule has 0 radical (unpaired) electrons. The van der Waals surface area contributed by atoms with Crippen LogP contribution in [0.4, 0.5) is 10.1 Å². The highest BCUT2D eigenvalue weighted by atomic mass is 19.1. The van der Waals surface area contributed by atoms with Crippen molar-refractivity contribution < 1.29 is 9.13 Å². The smallest absolute Gasteiger partial charge is 0.125 e. The van der Waals surface area contributed by atoms with Gasteiger partial charge in [-0.1, -0.05) is 0 Å². The fourth-order valence-corrected chi connectivity index (χ4v) is 2.01. The summed E-state index contributed by atoms with van der Waals surface area (Å²) in [7, 11) is 3.45. The number of hydrogen-bond donors (Lipinski definition) is 1. The zero-order valence-electron chi connectivity index (χ0n) is 10.2. The first-order valence-corrected chi connectivity index (χ1v) is 5.42. The summed E-state index contributed by atoms with van der Waals surface area (Å²) in [5.74, 6) is -0.265. The van der Waals surface area contributed by atoms with Crippen molar-refractivity contribution in [2.24, 2.45) is 0 Å². The molecule has 90 valence electrons. The van der Waals surface area contributed by atoms with Crippen LogP contribution in [0.25, 0.3) is 10.9 Å². The van der Waals surface area contributed by atoms with Crippen LogP contribution in [0, 0.1) is 12.7 Å². The molecule has 0 fully saturated rings. The number of anilines is 1. The van der Waals surface area contributed by atoms with Crippen molar-refractivity contribution in [1.29, 1.82) is 0 Å². The van der Waals surface area contributed by atoms with Crippen LogP contribution in [0.2, 0.25) is 0 Å². The number of nitrogens with one attached hydrogen (secondary N) is 1. The Bertz CT molecular complexity index is 555. The number of methoxy groups -OCH3 is 1. The minimum Gasteiger partial charge on any atom is -0.388 e. The molecule has 3 nitrogen and oxygen atoms in total. The minimum atomic E-state index is -0.265. The number of rotatable bonds is 3. The van der Waals surface area contributed by atoms with E-state index in [2.05, 4.69) is 10.3 Å². The standard InChI is InChI=1S/C13H15FN2O/c1-8-4-9(14)5-12-13(8)11(15-2)6-10(16-12)7-17-3/h4-6H,7H2,1-3H3,(H,15,16). The molecule has 1 N–H and O–H groups in total. The summed E-state index contributed by atoms with van der Waals surface area (Å²) in [6.07, 6.45) is 0. The van der Waals surface area contributed by atoms with E-state index in [0.29, 0.717) is 12.1 Å². The van der Waals surface area contributed by atoms with E-state index in [1.165, 1.54) is 12.1 Å². The Balaban J connectivity index is 2.73. The van der Waals surface area contributed by atoms with Crippen LogP contribution >= 0.6 is 0 Å². The van der Waals surface area contributed by atoms with Crippen LogP contribution in [-0.4, -0.2) is 19.1 Å². The fourth-order valence-electron chi connectivity index (χ4n) is 2.01. The monoisotopic (exact) mass is 234 g/mol. The number of benzene rings is 1. The molecule has 0 spiro atoms. The van der Waals surface area contributed by atoms with Crippen molar-refractivity contribution in [2.75, 3.05) is 19.5 Å². The highest BCUT2D eigenvalue weighted by Crippen LogP contribution is 2.27. The van der Waals surface area contributed by atoms with E-state index >= 15 is 0 Å². The Morgan fingerprint density at radius 3 is 2.76 bits per heavy atom. The Morgan fingerprint density at radius 2 is 2.12 bits per heavy atom. The van der Waals surface area contributed by atoms with Crippen molar-refractivity contribution in [3.05, 3.63) is 35.3 Å². The number of halogens is 1. The summed E-state index contributed by atoms with van der Waals surface area (Å²) >= 11 is 0. The predicted molar refractivity (Wildman–Crippen MR) is 66.7 cm³/mol. The van der Waals surface area contributed by atoms with Crippen molar-refractivity contribution in [2.45, 2.75) is 13.5 Å². The third-order valence-electron chi connectivity index (χ3n) is 2.69. The van der Waals surface area contributed by atoms with Gasteiger partial charge in [0, 0.05) is 31.3 Å². The Morgan fingerprint density at radius 1 is 1.35 bits per heavy atom. The molecule has 17 heavy (non-hydrogen) atoms. The molecular formula is C13H15FN2O. The molecule has 0 bridgehead atoms. The molecule has 0 aliphatic rings. The molecule has 0 amide bonds. The van der Waals surface area contributed by atoms with Crippen LogP contribution in [0.1, 0.15) is 11.3 Å². The molecule has 0 saturated carbocycles. The number of aryl methyl sites for hydroxylation is 1. The number of pyridine rings is 1. The van der Waals surface area contributed by atoms with Gasteiger partial charge in [-0.2, -0.15) is 0 Å². The molecule has 4 heteroatoms. The van der Waals surface area contributed by atoms with Crippen LogP contribution in [0.15, 0.2) is 18.2 Å². The van der Waals surface area contributed by atoms with Gasteiger partial charge < -0.3 is 10.1 Å². The van der Waals surface area contributed by atoms with Gasteiger partial charge in [0.25, 0.3) is 0 Å². The fraction of sp³-hybridized carbons (Fsp3) is 0.308.